The standard InChI is InChI=1S/C25H38O4Si5/c1-30(2)26-33(6,25-21-15-10-16-22-25)29-34(7,27-31(3)4)28-32(5,23-17-11-8-12-18-23)24-19-13-9-14-20-24/h8-22,30-31H,1-7H3. The molecule has 0 aliphatic heterocycles. The first kappa shape index (κ1) is 27.2. The van der Waals surface area contributed by atoms with Gasteiger partial charge in [0.1, 0.15) is 0 Å². The molecule has 0 heterocycles. The predicted octanol–water partition coefficient (Wildman–Crippen LogP) is 3.96. The van der Waals surface area contributed by atoms with Crippen molar-refractivity contribution in [2.75, 3.05) is 0 Å². The lowest BCUT2D eigenvalue weighted by Gasteiger charge is -2.43. The molecule has 182 valence electrons. The molecule has 0 radical (unpaired) electrons. The summed E-state index contributed by atoms with van der Waals surface area (Å²) in [4.78, 5) is 0. The summed E-state index contributed by atoms with van der Waals surface area (Å²) < 4.78 is 27.7. The highest BCUT2D eigenvalue weighted by Gasteiger charge is 2.52. The van der Waals surface area contributed by atoms with Crippen LogP contribution in [-0.4, -0.2) is 43.8 Å². The second kappa shape index (κ2) is 11.5. The maximum Gasteiger partial charge on any atom is 0.468 e. The van der Waals surface area contributed by atoms with Crippen molar-refractivity contribution in [1.29, 1.82) is 0 Å². The summed E-state index contributed by atoms with van der Waals surface area (Å²) in [5, 5.41) is 3.54. The molecule has 0 saturated carbocycles. The van der Waals surface area contributed by atoms with E-state index in [9.17, 15) is 0 Å². The molecular formula is C25H38O4Si5. The molecule has 0 bridgehead atoms. The van der Waals surface area contributed by atoms with E-state index < -0.39 is 43.8 Å². The van der Waals surface area contributed by atoms with Gasteiger partial charge < -0.3 is 16.5 Å². The van der Waals surface area contributed by atoms with Crippen molar-refractivity contribution in [1.82, 2.24) is 0 Å². The number of benzene rings is 3. The summed E-state index contributed by atoms with van der Waals surface area (Å²) in [6.07, 6.45) is 0. The number of rotatable bonds is 11. The lowest BCUT2D eigenvalue weighted by Crippen LogP contribution is -2.69. The van der Waals surface area contributed by atoms with Crippen LogP contribution in [0.1, 0.15) is 0 Å². The van der Waals surface area contributed by atoms with Crippen molar-refractivity contribution >= 4 is 59.3 Å². The van der Waals surface area contributed by atoms with Crippen molar-refractivity contribution in [3.05, 3.63) is 91.0 Å². The highest BCUT2D eigenvalue weighted by Crippen LogP contribution is 2.24. The molecule has 0 N–H and O–H groups in total. The van der Waals surface area contributed by atoms with E-state index in [-0.39, 0.29) is 0 Å². The van der Waals surface area contributed by atoms with Crippen molar-refractivity contribution in [3.8, 4) is 0 Å². The Hall–Kier alpha value is -1.42. The smallest absolute Gasteiger partial charge is 0.436 e. The molecule has 0 aromatic heterocycles. The van der Waals surface area contributed by atoms with Gasteiger partial charge in [0.2, 0.25) is 8.32 Å². The zero-order valence-corrected chi connectivity index (χ0v) is 26.8. The number of hydrogen-bond acceptors (Lipinski definition) is 4. The van der Waals surface area contributed by atoms with Gasteiger partial charge in [0, 0.05) is 6.55 Å². The van der Waals surface area contributed by atoms with E-state index in [2.05, 4.69) is 131 Å². The Kier molecular flexibility index (Phi) is 9.23. The predicted molar refractivity (Wildman–Crippen MR) is 155 cm³/mol. The maximum absolute atomic E-state index is 7.25. The molecule has 3 aromatic carbocycles. The molecule has 0 saturated heterocycles. The Labute approximate surface area is 212 Å². The van der Waals surface area contributed by atoms with Gasteiger partial charge >= 0.3 is 17.4 Å². The monoisotopic (exact) mass is 542 g/mol. The molecule has 2 atom stereocenters. The van der Waals surface area contributed by atoms with E-state index in [4.69, 9.17) is 16.5 Å². The van der Waals surface area contributed by atoms with Crippen LogP contribution < -0.4 is 15.6 Å². The van der Waals surface area contributed by atoms with Crippen LogP contribution in [0.15, 0.2) is 91.0 Å². The van der Waals surface area contributed by atoms with Crippen LogP contribution in [0, 0.1) is 0 Å². The maximum atomic E-state index is 7.25. The minimum Gasteiger partial charge on any atom is -0.436 e. The Balaban J connectivity index is 2.09. The topological polar surface area (TPSA) is 36.9 Å². The van der Waals surface area contributed by atoms with Gasteiger partial charge in [-0.25, -0.2) is 0 Å². The second-order valence-corrected chi connectivity index (χ2v) is 24.6. The van der Waals surface area contributed by atoms with Crippen LogP contribution in [0.4, 0.5) is 0 Å². The third-order valence-corrected chi connectivity index (χ3v) is 23.3. The first-order valence-electron chi connectivity index (χ1n) is 12.0. The first-order chi connectivity index (χ1) is 16.1. The van der Waals surface area contributed by atoms with Crippen molar-refractivity contribution in [3.63, 3.8) is 0 Å². The van der Waals surface area contributed by atoms with Crippen molar-refractivity contribution in [2.45, 2.75) is 45.8 Å². The molecule has 0 aliphatic carbocycles. The van der Waals surface area contributed by atoms with Crippen LogP contribution in [0.2, 0.25) is 45.8 Å². The van der Waals surface area contributed by atoms with Gasteiger partial charge in [0.15, 0.2) is 18.1 Å². The zero-order valence-electron chi connectivity index (χ0n) is 21.4. The molecule has 0 amide bonds. The molecule has 0 aliphatic rings. The fraction of sp³-hybridized carbons (Fsp3) is 0.280. The van der Waals surface area contributed by atoms with Crippen molar-refractivity contribution in [2.24, 2.45) is 0 Å². The Morgan fingerprint density at radius 1 is 0.500 bits per heavy atom. The molecule has 4 nitrogen and oxygen atoms in total. The highest BCUT2D eigenvalue weighted by atomic mass is 28.5. The third kappa shape index (κ3) is 6.83. The quantitative estimate of drug-likeness (QED) is 0.344. The first-order valence-corrected chi connectivity index (χ1v) is 24.5. The van der Waals surface area contributed by atoms with Crippen LogP contribution in [-0.2, 0) is 16.5 Å². The SMILES string of the molecule is C[SiH](C)O[Si](C)(O[Si](C)(O[SiH](C)C)c1ccccc1)O[Si](C)(c1ccccc1)c1ccccc1. The highest BCUT2D eigenvalue weighted by molar-refractivity contribution is 7.02. The van der Waals surface area contributed by atoms with E-state index in [1.54, 1.807) is 0 Å². The molecule has 3 aromatic rings. The largest absolute Gasteiger partial charge is 0.468 e. The fourth-order valence-electron chi connectivity index (χ4n) is 4.36. The molecule has 0 spiro atoms. The van der Waals surface area contributed by atoms with E-state index in [0.29, 0.717) is 0 Å². The van der Waals surface area contributed by atoms with Crippen LogP contribution in [0.3, 0.4) is 0 Å². The molecule has 9 heteroatoms. The van der Waals surface area contributed by atoms with Gasteiger partial charge in [-0.1, -0.05) is 91.0 Å². The Morgan fingerprint density at radius 2 is 0.882 bits per heavy atom. The molecular weight excluding hydrogens is 505 g/mol. The molecule has 34 heavy (non-hydrogen) atoms. The Morgan fingerprint density at radius 3 is 1.26 bits per heavy atom. The summed E-state index contributed by atoms with van der Waals surface area (Å²) >= 11 is 0. The van der Waals surface area contributed by atoms with E-state index in [1.807, 2.05) is 6.07 Å². The normalized spacial score (nSPS) is 15.8. The summed E-state index contributed by atoms with van der Waals surface area (Å²) in [5.74, 6) is 0. The lowest BCUT2D eigenvalue weighted by molar-refractivity contribution is 0.247. The van der Waals surface area contributed by atoms with Crippen molar-refractivity contribution < 1.29 is 16.5 Å². The molecule has 2 unspecified atom stereocenters. The van der Waals surface area contributed by atoms with E-state index in [1.165, 1.54) is 10.4 Å². The van der Waals surface area contributed by atoms with Gasteiger partial charge in [0.05, 0.1) is 0 Å². The summed E-state index contributed by atoms with van der Waals surface area (Å²) in [6.45, 7) is 15.2. The van der Waals surface area contributed by atoms with Crippen LogP contribution >= 0.6 is 0 Å². The number of hydrogen-bond donors (Lipinski definition) is 0. The molecule has 3 rings (SSSR count). The van der Waals surface area contributed by atoms with Crippen LogP contribution in [0.5, 0.6) is 0 Å². The van der Waals surface area contributed by atoms with Gasteiger partial charge in [-0.15, -0.1) is 0 Å². The van der Waals surface area contributed by atoms with Gasteiger partial charge in [-0.05, 0) is 54.8 Å². The Bertz CT molecular complexity index is 984. The summed E-state index contributed by atoms with van der Waals surface area (Å²) in [5.41, 5.74) is 0. The van der Waals surface area contributed by atoms with Gasteiger partial charge in [-0.2, -0.15) is 0 Å². The minimum atomic E-state index is -3.12. The lowest BCUT2D eigenvalue weighted by atomic mass is 10.4. The third-order valence-electron chi connectivity index (χ3n) is 5.63. The van der Waals surface area contributed by atoms with E-state index >= 15 is 0 Å². The average Bonchev–Trinajstić information content (AvgIpc) is 2.79. The average molecular weight is 543 g/mol. The minimum absolute atomic E-state index is 1.12. The zero-order chi connectivity index (χ0) is 24.8. The summed E-state index contributed by atoms with van der Waals surface area (Å²) in [7, 11) is -11.4. The van der Waals surface area contributed by atoms with Gasteiger partial charge in [-0.3, -0.25) is 0 Å². The fourth-order valence-corrected chi connectivity index (χ4v) is 24.3. The molecule has 0 fully saturated rings. The summed E-state index contributed by atoms with van der Waals surface area (Å²) in [6, 6.07) is 31.5. The van der Waals surface area contributed by atoms with Crippen LogP contribution in [0.25, 0.3) is 0 Å². The second-order valence-electron chi connectivity index (χ2n) is 9.48. The van der Waals surface area contributed by atoms with E-state index in [0.717, 1.165) is 5.19 Å². The van der Waals surface area contributed by atoms with Gasteiger partial charge in [0.25, 0.3) is 0 Å².